The van der Waals surface area contributed by atoms with Crippen LogP contribution in [0.2, 0.25) is 0 Å². The Hall–Kier alpha value is -5.92. The molecule has 4 rings (SSSR count). The summed E-state index contributed by atoms with van der Waals surface area (Å²) in [6.45, 7) is 13.8. The molecule has 354 valence electrons. The van der Waals surface area contributed by atoms with E-state index in [0.29, 0.717) is 16.8 Å². The van der Waals surface area contributed by atoms with Crippen LogP contribution in [-0.4, -0.2) is 115 Å². The smallest absolute Gasteiger partial charge is 0.408 e. The van der Waals surface area contributed by atoms with Crippen LogP contribution in [0.1, 0.15) is 79.5 Å². The van der Waals surface area contributed by atoms with Gasteiger partial charge >= 0.3 is 18.0 Å². The van der Waals surface area contributed by atoms with Gasteiger partial charge in [-0.05, 0) is 71.2 Å². The van der Waals surface area contributed by atoms with E-state index in [1.165, 1.54) is 10.4 Å². The second-order valence-electron chi connectivity index (χ2n) is 17.8. The van der Waals surface area contributed by atoms with E-state index < -0.39 is 99.9 Å². The normalized spacial score (nSPS) is 15.6. The van der Waals surface area contributed by atoms with Crippen molar-refractivity contribution in [2.24, 2.45) is 5.92 Å². The summed E-state index contributed by atoms with van der Waals surface area (Å²) in [7, 11) is -3.96. The first-order valence-corrected chi connectivity index (χ1v) is 22.9. The molecular weight excluding hydrogens is 861 g/mol. The van der Waals surface area contributed by atoms with Crippen LogP contribution in [0.4, 0.5) is 4.79 Å². The van der Waals surface area contributed by atoms with E-state index in [1.807, 2.05) is 12.1 Å². The van der Waals surface area contributed by atoms with Gasteiger partial charge in [0.05, 0.1) is 37.6 Å². The van der Waals surface area contributed by atoms with E-state index in [9.17, 15) is 37.2 Å². The Labute approximate surface area is 380 Å². The molecule has 0 radical (unpaired) electrons. The van der Waals surface area contributed by atoms with Gasteiger partial charge in [-0.3, -0.25) is 29.0 Å². The summed E-state index contributed by atoms with van der Waals surface area (Å²) >= 11 is 0. The van der Waals surface area contributed by atoms with Crippen molar-refractivity contribution in [2.75, 3.05) is 26.3 Å². The first kappa shape index (κ1) is 51.7. The molecule has 0 bridgehead atoms. The highest BCUT2D eigenvalue weighted by Crippen LogP contribution is 2.17. The van der Waals surface area contributed by atoms with Crippen molar-refractivity contribution in [1.29, 1.82) is 0 Å². The highest BCUT2D eigenvalue weighted by atomic mass is 32.2. The second-order valence-corrected chi connectivity index (χ2v) is 19.6. The summed E-state index contributed by atoms with van der Waals surface area (Å²) in [6.07, 6.45) is -1.10. The molecule has 4 atom stereocenters. The van der Waals surface area contributed by atoms with E-state index in [2.05, 4.69) is 26.3 Å². The molecule has 1 fully saturated rings. The maximum atomic E-state index is 14.4. The molecular formula is C46H62N6O12S. The molecule has 1 saturated heterocycles. The van der Waals surface area contributed by atoms with Crippen LogP contribution < -0.4 is 21.3 Å². The van der Waals surface area contributed by atoms with E-state index in [4.69, 9.17) is 18.9 Å². The fourth-order valence-corrected chi connectivity index (χ4v) is 7.67. The molecule has 0 aliphatic carbocycles. The molecule has 1 aliphatic heterocycles. The number of fused-ring (bicyclic) bond motifs is 1. The molecule has 4 amide bonds. The Morgan fingerprint density at radius 1 is 0.738 bits per heavy atom. The van der Waals surface area contributed by atoms with Crippen molar-refractivity contribution in [3.8, 4) is 0 Å². The van der Waals surface area contributed by atoms with Gasteiger partial charge in [0.1, 0.15) is 35.9 Å². The zero-order valence-electron chi connectivity index (χ0n) is 38.3. The van der Waals surface area contributed by atoms with Crippen molar-refractivity contribution >= 4 is 56.7 Å². The predicted octanol–water partition coefficient (Wildman–Crippen LogP) is 3.82. The molecule has 3 aromatic rings. The number of aromatic nitrogens is 1. The average molecular weight is 923 g/mol. The van der Waals surface area contributed by atoms with Gasteiger partial charge in [-0.1, -0.05) is 68.4 Å². The van der Waals surface area contributed by atoms with Crippen molar-refractivity contribution in [3.63, 3.8) is 0 Å². The number of amides is 4. The van der Waals surface area contributed by atoms with Crippen LogP contribution in [0.5, 0.6) is 0 Å². The number of nitrogens with one attached hydrogen (secondary N) is 4. The number of alkyl carbamates (subject to hydrolysis) is 1. The lowest BCUT2D eigenvalue weighted by molar-refractivity contribution is -0.157. The lowest BCUT2D eigenvalue weighted by atomic mass is 10.0. The number of benzene rings is 2. The van der Waals surface area contributed by atoms with E-state index in [-0.39, 0.29) is 39.3 Å². The summed E-state index contributed by atoms with van der Waals surface area (Å²) in [4.78, 5) is 86.5. The van der Waals surface area contributed by atoms with Crippen LogP contribution in [-0.2, 0) is 66.0 Å². The first-order chi connectivity index (χ1) is 30.5. The topological polar surface area (TPSA) is 238 Å². The monoisotopic (exact) mass is 922 g/mol. The SMILES string of the molecule is CC(C)[C@H](NC(=O)C(Cc1ccc2ccccc2n1)NC(=O)[C@H](CC(=O)OC(C)(C)C)NC(=O)OCc1ccccc1)C(=O)N[C@H](/C=C/S(=O)(=O)N1CCOCC1)CC(=O)OC(C)(C)C. The molecule has 4 N–H and O–H groups in total. The van der Waals surface area contributed by atoms with Crippen LogP contribution in [0, 0.1) is 5.92 Å². The minimum absolute atomic E-state index is 0.125. The number of nitrogens with zero attached hydrogens (tertiary/aromatic N) is 2. The summed E-state index contributed by atoms with van der Waals surface area (Å²) in [5.41, 5.74) is -0.143. The second kappa shape index (κ2) is 23.3. The number of ether oxygens (including phenoxy) is 4. The van der Waals surface area contributed by atoms with Gasteiger partial charge in [0.2, 0.25) is 27.7 Å². The summed E-state index contributed by atoms with van der Waals surface area (Å²) in [5.74, 6) is -4.66. The number of esters is 2. The van der Waals surface area contributed by atoms with Gasteiger partial charge < -0.3 is 40.2 Å². The molecule has 0 saturated carbocycles. The lowest BCUT2D eigenvalue weighted by Gasteiger charge is -2.28. The predicted molar refractivity (Wildman–Crippen MR) is 241 cm³/mol. The van der Waals surface area contributed by atoms with Crippen molar-refractivity contribution in [3.05, 3.63) is 89.5 Å². The molecule has 2 heterocycles. The third-order valence-corrected chi connectivity index (χ3v) is 11.1. The number of morpholine rings is 1. The number of carbonyl (C=O) groups excluding carboxylic acids is 6. The zero-order chi connectivity index (χ0) is 48.0. The maximum absolute atomic E-state index is 14.4. The Kier molecular flexibility index (Phi) is 18.6. The van der Waals surface area contributed by atoms with Crippen molar-refractivity contribution < 1.29 is 56.1 Å². The molecule has 2 aromatic carbocycles. The van der Waals surface area contributed by atoms with E-state index in [0.717, 1.165) is 10.8 Å². The standard InChI is InChI=1S/C46H62N6O12S/c1-30(2)40(43(57)48-34(27-38(53)63-45(3,4)5)20-25-65(59,60)52-21-23-61-24-22-52)51-42(56)36(26-33-19-18-32-16-12-13-17-35(32)47-33)49-41(55)37(28-39(54)64-46(6,7)8)50-44(58)62-29-31-14-10-9-11-15-31/h9-20,25,30,34,36-37,40H,21-24,26-29H2,1-8H3,(H,48,57)(H,49,55)(H,50,58)(H,51,56)/b25-20+/t34-,36?,37+,40+/m1/s1. The Bertz CT molecular complexity index is 2270. The molecule has 1 aromatic heterocycles. The maximum Gasteiger partial charge on any atom is 0.408 e. The lowest BCUT2D eigenvalue weighted by Crippen LogP contribution is -2.59. The summed E-state index contributed by atoms with van der Waals surface area (Å²) in [6, 6.07) is 14.1. The summed E-state index contributed by atoms with van der Waals surface area (Å²) < 4.78 is 49.1. The third-order valence-electron chi connectivity index (χ3n) is 9.51. The van der Waals surface area contributed by atoms with Gasteiger partial charge in [-0.25, -0.2) is 13.2 Å². The number of para-hydroxylation sites is 1. The van der Waals surface area contributed by atoms with Crippen LogP contribution in [0.15, 0.2) is 78.2 Å². The Morgan fingerprint density at radius 2 is 1.34 bits per heavy atom. The largest absolute Gasteiger partial charge is 0.460 e. The molecule has 1 aliphatic rings. The summed E-state index contributed by atoms with van der Waals surface area (Å²) in [5, 5.41) is 12.2. The molecule has 1 unspecified atom stereocenters. The molecule has 0 spiro atoms. The number of rotatable bonds is 19. The van der Waals surface area contributed by atoms with Crippen molar-refractivity contribution in [1.82, 2.24) is 30.6 Å². The highest BCUT2D eigenvalue weighted by molar-refractivity contribution is 7.92. The van der Waals surface area contributed by atoms with Gasteiger partial charge in [0.25, 0.3) is 0 Å². The number of carbonyl (C=O) groups is 6. The number of hydrogen-bond donors (Lipinski definition) is 4. The Balaban J connectivity index is 1.62. The van der Waals surface area contributed by atoms with Gasteiger partial charge in [0, 0.05) is 36.0 Å². The highest BCUT2D eigenvalue weighted by Gasteiger charge is 2.34. The first-order valence-electron chi connectivity index (χ1n) is 21.4. The van der Waals surface area contributed by atoms with Crippen LogP contribution in [0.3, 0.4) is 0 Å². The minimum Gasteiger partial charge on any atom is -0.460 e. The Morgan fingerprint density at radius 3 is 1.97 bits per heavy atom. The minimum atomic E-state index is -3.96. The van der Waals surface area contributed by atoms with Crippen LogP contribution in [0.25, 0.3) is 10.9 Å². The van der Waals surface area contributed by atoms with Crippen molar-refractivity contribution in [2.45, 2.75) is 117 Å². The quantitative estimate of drug-likeness (QED) is 0.0990. The van der Waals surface area contributed by atoms with Gasteiger partial charge in [0.15, 0.2) is 0 Å². The number of pyridine rings is 1. The van der Waals surface area contributed by atoms with E-state index in [1.54, 1.807) is 110 Å². The fourth-order valence-electron chi connectivity index (χ4n) is 6.45. The fraction of sp³-hybridized carbons (Fsp3) is 0.500. The third kappa shape index (κ3) is 17.9. The number of hydrogen-bond acceptors (Lipinski definition) is 13. The molecule has 19 heteroatoms. The van der Waals surface area contributed by atoms with Crippen LogP contribution >= 0.6 is 0 Å². The molecule has 18 nitrogen and oxygen atoms in total. The average Bonchev–Trinajstić information content (AvgIpc) is 3.22. The van der Waals surface area contributed by atoms with E-state index >= 15 is 0 Å². The molecule has 65 heavy (non-hydrogen) atoms. The van der Waals surface area contributed by atoms with Gasteiger partial charge in [-0.2, -0.15) is 4.31 Å². The van der Waals surface area contributed by atoms with Gasteiger partial charge in [-0.15, -0.1) is 0 Å². The zero-order valence-corrected chi connectivity index (χ0v) is 39.1. The number of sulfonamides is 1.